The lowest BCUT2D eigenvalue weighted by Crippen LogP contribution is -2.40. The molecule has 88 valence electrons. The second kappa shape index (κ2) is 4.40. The maximum atomic E-state index is 5.67. The van der Waals surface area contributed by atoms with E-state index in [-0.39, 0.29) is 0 Å². The van der Waals surface area contributed by atoms with Gasteiger partial charge in [0, 0.05) is 19.2 Å². The maximum Gasteiger partial charge on any atom is 0.0702 e. The molecule has 3 nitrogen and oxygen atoms in total. The summed E-state index contributed by atoms with van der Waals surface area (Å²) in [5.74, 6) is 0. The van der Waals surface area contributed by atoms with Crippen LogP contribution in [-0.4, -0.2) is 43.8 Å². The number of rotatable bonds is 5. The summed E-state index contributed by atoms with van der Waals surface area (Å²) >= 11 is 0. The van der Waals surface area contributed by atoms with Gasteiger partial charge in [0.2, 0.25) is 0 Å². The lowest BCUT2D eigenvalue weighted by molar-refractivity contribution is 0.0757. The molecule has 0 bridgehead atoms. The van der Waals surface area contributed by atoms with Crippen molar-refractivity contribution >= 4 is 0 Å². The van der Waals surface area contributed by atoms with E-state index in [1.54, 1.807) is 0 Å². The molecule has 2 aliphatic rings. The van der Waals surface area contributed by atoms with Gasteiger partial charge >= 0.3 is 0 Å². The average molecular weight is 212 g/mol. The normalized spacial score (nSPS) is 33.6. The molecule has 2 unspecified atom stereocenters. The fourth-order valence-electron chi connectivity index (χ4n) is 2.92. The summed E-state index contributed by atoms with van der Waals surface area (Å²) in [5, 5.41) is 0. The van der Waals surface area contributed by atoms with Crippen LogP contribution in [-0.2, 0) is 4.74 Å². The molecule has 0 radical (unpaired) electrons. The van der Waals surface area contributed by atoms with Crippen LogP contribution >= 0.6 is 0 Å². The molecule has 1 saturated heterocycles. The largest absolute Gasteiger partial charge is 0.377 e. The van der Waals surface area contributed by atoms with Gasteiger partial charge in [0.25, 0.3) is 0 Å². The molecule has 0 aromatic carbocycles. The molecule has 0 aromatic heterocycles. The van der Waals surface area contributed by atoms with Gasteiger partial charge in [0.05, 0.1) is 6.10 Å². The minimum absolute atomic E-state index is 0.406. The quantitative estimate of drug-likeness (QED) is 0.745. The second-order valence-electron chi connectivity index (χ2n) is 5.39. The van der Waals surface area contributed by atoms with Crippen LogP contribution in [0, 0.1) is 5.41 Å². The number of hydrogen-bond acceptors (Lipinski definition) is 3. The number of hydrogen-bond donors (Lipinski definition) is 1. The first-order valence-electron chi connectivity index (χ1n) is 6.19. The highest BCUT2D eigenvalue weighted by Gasteiger charge is 2.44. The Morgan fingerprint density at radius 3 is 2.67 bits per heavy atom. The van der Waals surface area contributed by atoms with Crippen LogP contribution in [0.5, 0.6) is 0 Å². The molecular weight excluding hydrogens is 188 g/mol. The molecule has 2 fully saturated rings. The van der Waals surface area contributed by atoms with Gasteiger partial charge in [-0.1, -0.05) is 0 Å². The number of nitrogens with two attached hydrogens (primary N) is 1. The van der Waals surface area contributed by atoms with E-state index >= 15 is 0 Å². The predicted octanol–water partition coefficient (Wildman–Crippen LogP) is 1.22. The zero-order valence-corrected chi connectivity index (χ0v) is 10.0. The van der Waals surface area contributed by atoms with E-state index < -0.39 is 0 Å². The van der Waals surface area contributed by atoms with Crippen LogP contribution in [0.2, 0.25) is 0 Å². The Morgan fingerprint density at radius 2 is 2.20 bits per heavy atom. The maximum absolute atomic E-state index is 5.67. The fraction of sp³-hybridized carbons (Fsp3) is 1.00. The Balaban J connectivity index is 1.83. The first-order chi connectivity index (χ1) is 7.17. The summed E-state index contributed by atoms with van der Waals surface area (Å²) in [6.07, 6.45) is 5.53. The third kappa shape index (κ3) is 2.52. The van der Waals surface area contributed by atoms with E-state index in [2.05, 4.69) is 18.9 Å². The van der Waals surface area contributed by atoms with Crippen LogP contribution in [0.3, 0.4) is 0 Å². The molecule has 2 N–H and O–H groups in total. The van der Waals surface area contributed by atoms with Crippen molar-refractivity contribution in [3.8, 4) is 0 Å². The Hall–Kier alpha value is -0.120. The minimum atomic E-state index is 0.406. The van der Waals surface area contributed by atoms with E-state index in [0.717, 1.165) is 13.2 Å². The Morgan fingerprint density at radius 1 is 1.47 bits per heavy atom. The van der Waals surface area contributed by atoms with E-state index in [1.807, 2.05) is 0 Å². The smallest absolute Gasteiger partial charge is 0.0702 e. The van der Waals surface area contributed by atoms with E-state index in [9.17, 15) is 0 Å². The number of likely N-dealkylation sites (N-methyl/N-ethyl adjacent to an activating group) is 1. The summed E-state index contributed by atoms with van der Waals surface area (Å²) in [7, 11) is 2.24. The van der Waals surface area contributed by atoms with E-state index in [4.69, 9.17) is 10.5 Å². The van der Waals surface area contributed by atoms with Crippen LogP contribution in [0.4, 0.5) is 0 Å². The van der Waals surface area contributed by atoms with E-state index in [0.29, 0.717) is 17.6 Å². The van der Waals surface area contributed by atoms with Gasteiger partial charge in [-0.25, -0.2) is 0 Å². The molecule has 2 rings (SSSR count). The van der Waals surface area contributed by atoms with Gasteiger partial charge in [-0.2, -0.15) is 0 Å². The molecular formula is C12H24N2O. The Bertz CT molecular complexity index is 216. The summed E-state index contributed by atoms with van der Waals surface area (Å²) in [4.78, 5) is 2.50. The van der Waals surface area contributed by atoms with Crippen molar-refractivity contribution in [3.63, 3.8) is 0 Å². The topological polar surface area (TPSA) is 38.5 Å². The lowest BCUT2D eigenvalue weighted by atomic mass is 10.00. The van der Waals surface area contributed by atoms with Crippen LogP contribution < -0.4 is 5.73 Å². The van der Waals surface area contributed by atoms with Crippen molar-refractivity contribution < 1.29 is 4.74 Å². The van der Waals surface area contributed by atoms with Crippen LogP contribution in [0.1, 0.15) is 32.6 Å². The van der Waals surface area contributed by atoms with Crippen molar-refractivity contribution in [2.24, 2.45) is 11.1 Å². The molecule has 0 spiro atoms. The molecule has 15 heavy (non-hydrogen) atoms. The van der Waals surface area contributed by atoms with Crippen LogP contribution in [0.25, 0.3) is 0 Å². The third-order valence-electron chi connectivity index (χ3n) is 4.12. The van der Waals surface area contributed by atoms with Gasteiger partial charge in [0.15, 0.2) is 0 Å². The summed E-state index contributed by atoms with van der Waals surface area (Å²) < 4.78 is 5.62. The molecule has 1 heterocycles. The molecule has 0 amide bonds. The number of ether oxygens (including phenoxy) is 1. The molecule has 1 aliphatic heterocycles. The van der Waals surface area contributed by atoms with Gasteiger partial charge < -0.3 is 15.4 Å². The van der Waals surface area contributed by atoms with Crippen molar-refractivity contribution in [3.05, 3.63) is 0 Å². The molecule has 0 aromatic rings. The fourth-order valence-corrected chi connectivity index (χ4v) is 2.92. The predicted molar refractivity (Wildman–Crippen MR) is 61.8 cm³/mol. The van der Waals surface area contributed by atoms with Gasteiger partial charge in [-0.3, -0.25) is 0 Å². The summed E-state index contributed by atoms with van der Waals surface area (Å²) in [5.41, 5.74) is 6.23. The molecule has 1 aliphatic carbocycles. The first-order valence-corrected chi connectivity index (χ1v) is 6.19. The highest BCUT2D eigenvalue weighted by atomic mass is 16.5. The lowest BCUT2D eigenvalue weighted by Gasteiger charge is -2.30. The van der Waals surface area contributed by atoms with Gasteiger partial charge in [0.1, 0.15) is 0 Å². The van der Waals surface area contributed by atoms with Gasteiger partial charge in [-0.15, -0.1) is 0 Å². The van der Waals surface area contributed by atoms with Gasteiger partial charge in [-0.05, 0) is 51.6 Å². The van der Waals surface area contributed by atoms with Crippen LogP contribution in [0.15, 0.2) is 0 Å². The SMILES string of the molecule is CC1OCCC1N(C)CC1(CCN)CC1. The highest BCUT2D eigenvalue weighted by molar-refractivity contribution is 4.97. The Labute approximate surface area is 93.0 Å². The standard InChI is InChI=1S/C12H24N2O/c1-10-11(3-8-15-10)14(2)9-12(4-5-12)6-7-13/h10-11H,3-9,13H2,1-2H3. The van der Waals surface area contributed by atoms with Crippen molar-refractivity contribution in [1.29, 1.82) is 0 Å². The molecule has 3 heteroatoms. The first kappa shape index (κ1) is 11.4. The van der Waals surface area contributed by atoms with Crippen molar-refractivity contribution in [1.82, 2.24) is 4.90 Å². The number of nitrogens with zero attached hydrogens (tertiary/aromatic N) is 1. The van der Waals surface area contributed by atoms with E-state index in [1.165, 1.54) is 32.2 Å². The highest BCUT2D eigenvalue weighted by Crippen LogP contribution is 2.49. The zero-order chi connectivity index (χ0) is 10.9. The van der Waals surface area contributed by atoms with Crippen molar-refractivity contribution in [2.45, 2.75) is 44.8 Å². The molecule has 2 atom stereocenters. The zero-order valence-electron chi connectivity index (χ0n) is 10.0. The minimum Gasteiger partial charge on any atom is -0.377 e. The molecule has 1 saturated carbocycles. The summed E-state index contributed by atoms with van der Waals surface area (Å²) in [6.45, 7) is 5.17. The monoisotopic (exact) mass is 212 g/mol. The second-order valence-corrected chi connectivity index (χ2v) is 5.39. The average Bonchev–Trinajstić information content (AvgIpc) is 2.78. The third-order valence-corrected chi connectivity index (χ3v) is 4.12. The Kier molecular flexibility index (Phi) is 3.33. The van der Waals surface area contributed by atoms with Crippen molar-refractivity contribution in [2.75, 3.05) is 26.7 Å². The summed E-state index contributed by atoms with van der Waals surface area (Å²) in [6, 6.07) is 0.625.